The molecule has 1 heterocycles. The normalized spacial score (nSPS) is 12.3. The second kappa shape index (κ2) is 6.20. The summed E-state index contributed by atoms with van der Waals surface area (Å²) in [6.45, 7) is 0. The fourth-order valence-electron chi connectivity index (χ4n) is 1.77. The summed E-state index contributed by atoms with van der Waals surface area (Å²) in [6, 6.07) is 5.59. The number of benzene rings is 1. The molecular formula is C13H11Br2ClO3. The maximum absolute atomic E-state index is 6.25. The minimum atomic E-state index is -0.0982. The van der Waals surface area contributed by atoms with Crippen LogP contribution in [0.2, 0.25) is 5.02 Å². The monoisotopic (exact) mass is 408 g/mol. The predicted molar refractivity (Wildman–Crippen MR) is 81.7 cm³/mol. The molecule has 102 valence electrons. The Balaban J connectivity index is 2.51. The van der Waals surface area contributed by atoms with E-state index in [1.54, 1.807) is 20.5 Å². The molecule has 0 radical (unpaired) electrons. The van der Waals surface area contributed by atoms with Gasteiger partial charge in [-0.1, -0.05) is 33.6 Å². The van der Waals surface area contributed by atoms with Crippen LogP contribution in [-0.2, 0) is 0 Å². The van der Waals surface area contributed by atoms with Crippen LogP contribution in [0.25, 0.3) is 0 Å². The Morgan fingerprint density at radius 2 is 1.89 bits per heavy atom. The lowest BCUT2D eigenvalue weighted by molar-refractivity contribution is 0.392. The maximum atomic E-state index is 6.25. The lowest BCUT2D eigenvalue weighted by atomic mass is 10.1. The summed E-state index contributed by atoms with van der Waals surface area (Å²) in [5.74, 6) is 1.16. The molecular weight excluding hydrogens is 399 g/mol. The summed E-state index contributed by atoms with van der Waals surface area (Å²) in [4.78, 5) is -0.0982. The zero-order valence-electron chi connectivity index (χ0n) is 10.2. The van der Waals surface area contributed by atoms with Crippen LogP contribution in [0, 0.1) is 0 Å². The number of rotatable bonds is 4. The van der Waals surface area contributed by atoms with Gasteiger partial charge in [0.25, 0.3) is 0 Å². The number of hydrogen-bond donors (Lipinski definition) is 0. The molecule has 1 aromatic heterocycles. The summed E-state index contributed by atoms with van der Waals surface area (Å²) in [5, 5.41) is 0.451. The Morgan fingerprint density at radius 1 is 1.16 bits per heavy atom. The first-order valence-electron chi connectivity index (χ1n) is 5.37. The first kappa shape index (κ1) is 14.8. The average Bonchev–Trinajstić information content (AvgIpc) is 2.83. The van der Waals surface area contributed by atoms with Crippen LogP contribution in [0.3, 0.4) is 0 Å². The first-order valence-corrected chi connectivity index (χ1v) is 7.46. The van der Waals surface area contributed by atoms with Crippen LogP contribution in [0.4, 0.5) is 0 Å². The summed E-state index contributed by atoms with van der Waals surface area (Å²) in [7, 11) is 3.15. The minimum absolute atomic E-state index is 0.0982. The number of halogens is 3. The van der Waals surface area contributed by atoms with E-state index in [-0.39, 0.29) is 4.83 Å². The number of alkyl halides is 1. The van der Waals surface area contributed by atoms with Crippen molar-refractivity contribution in [2.45, 2.75) is 4.83 Å². The van der Waals surface area contributed by atoms with E-state index in [0.29, 0.717) is 21.2 Å². The molecule has 0 fully saturated rings. The highest BCUT2D eigenvalue weighted by Crippen LogP contribution is 2.45. The Hall–Kier alpha value is -0.650. The van der Waals surface area contributed by atoms with Gasteiger partial charge in [-0.05, 0) is 28.1 Å². The van der Waals surface area contributed by atoms with Crippen LogP contribution in [-0.4, -0.2) is 14.2 Å². The van der Waals surface area contributed by atoms with Crippen molar-refractivity contribution in [3.05, 3.63) is 45.3 Å². The van der Waals surface area contributed by atoms with E-state index in [0.717, 1.165) is 11.1 Å². The van der Waals surface area contributed by atoms with Gasteiger partial charge in [-0.15, -0.1) is 0 Å². The van der Waals surface area contributed by atoms with E-state index in [1.807, 2.05) is 18.2 Å². The van der Waals surface area contributed by atoms with Crippen LogP contribution in [0.15, 0.2) is 33.5 Å². The molecule has 0 saturated heterocycles. The molecule has 1 atom stereocenters. The van der Waals surface area contributed by atoms with Crippen molar-refractivity contribution in [2.75, 3.05) is 14.2 Å². The van der Waals surface area contributed by atoms with Crippen molar-refractivity contribution in [3.63, 3.8) is 0 Å². The molecule has 0 aliphatic heterocycles. The van der Waals surface area contributed by atoms with Gasteiger partial charge < -0.3 is 13.9 Å². The molecule has 2 aromatic rings. The van der Waals surface area contributed by atoms with Gasteiger partial charge in [0.1, 0.15) is 16.5 Å². The van der Waals surface area contributed by atoms with Gasteiger partial charge in [-0.25, -0.2) is 0 Å². The second-order valence-corrected chi connectivity index (χ2v) is 5.73. The SMILES string of the molecule is COc1ccc(C(Br)c2ccoc2Br)c(OC)c1Cl. The fourth-order valence-corrected chi connectivity index (χ4v) is 3.59. The van der Waals surface area contributed by atoms with Crippen molar-refractivity contribution in [3.8, 4) is 11.5 Å². The number of furan rings is 1. The molecule has 0 N–H and O–H groups in total. The molecule has 6 heteroatoms. The Kier molecular flexibility index (Phi) is 4.81. The van der Waals surface area contributed by atoms with Crippen molar-refractivity contribution in [1.29, 1.82) is 0 Å². The predicted octanol–water partition coefficient (Wildman–Crippen LogP) is 5.20. The highest BCUT2D eigenvalue weighted by atomic mass is 79.9. The van der Waals surface area contributed by atoms with Crippen molar-refractivity contribution in [2.24, 2.45) is 0 Å². The van der Waals surface area contributed by atoms with E-state index in [9.17, 15) is 0 Å². The smallest absolute Gasteiger partial charge is 0.173 e. The molecule has 0 aliphatic carbocycles. The zero-order chi connectivity index (χ0) is 14.0. The van der Waals surface area contributed by atoms with E-state index in [4.69, 9.17) is 25.5 Å². The van der Waals surface area contributed by atoms with Crippen molar-refractivity contribution in [1.82, 2.24) is 0 Å². The van der Waals surface area contributed by atoms with E-state index < -0.39 is 0 Å². The molecule has 3 nitrogen and oxygen atoms in total. The third-order valence-electron chi connectivity index (χ3n) is 2.71. The Labute approximate surface area is 133 Å². The van der Waals surface area contributed by atoms with Crippen LogP contribution in [0.1, 0.15) is 16.0 Å². The third kappa shape index (κ3) is 2.78. The van der Waals surface area contributed by atoms with E-state index >= 15 is 0 Å². The van der Waals surface area contributed by atoms with E-state index in [1.165, 1.54) is 0 Å². The topological polar surface area (TPSA) is 31.6 Å². The highest BCUT2D eigenvalue weighted by Gasteiger charge is 2.22. The van der Waals surface area contributed by atoms with Gasteiger partial charge in [0.05, 0.1) is 25.3 Å². The van der Waals surface area contributed by atoms with Gasteiger partial charge in [0.2, 0.25) is 0 Å². The molecule has 19 heavy (non-hydrogen) atoms. The van der Waals surface area contributed by atoms with Crippen molar-refractivity contribution < 1.29 is 13.9 Å². The molecule has 0 saturated carbocycles. The van der Waals surface area contributed by atoms with E-state index in [2.05, 4.69) is 31.9 Å². The number of ether oxygens (including phenoxy) is 2. The van der Waals surface area contributed by atoms with Crippen LogP contribution >= 0.6 is 43.5 Å². The summed E-state index contributed by atoms with van der Waals surface area (Å²) >= 11 is 13.2. The van der Waals surface area contributed by atoms with Crippen LogP contribution < -0.4 is 9.47 Å². The minimum Gasteiger partial charge on any atom is -0.495 e. The molecule has 0 aliphatic rings. The Morgan fingerprint density at radius 3 is 2.42 bits per heavy atom. The molecule has 2 rings (SSSR count). The van der Waals surface area contributed by atoms with Gasteiger partial charge in [-0.3, -0.25) is 0 Å². The molecule has 1 aromatic carbocycles. The van der Waals surface area contributed by atoms with Gasteiger partial charge in [0, 0.05) is 11.1 Å². The van der Waals surface area contributed by atoms with Crippen LogP contribution in [0.5, 0.6) is 11.5 Å². The van der Waals surface area contributed by atoms with Gasteiger partial charge in [-0.2, -0.15) is 0 Å². The first-order chi connectivity index (χ1) is 9.10. The standard InChI is InChI=1S/C13H11Br2ClO3/c1-17-9-4-3-7(12(18-2)11(9)16)10(14)8-5-6-19-13(8)15/h3-6,10H,1-2H3. The fraction of sp³-hybridized carbons (Fsp3) is 0.231. The summed E-state index contributed by atoms with van der Waals surface area (Å²) < 4.78 is 16.5. The van der Waals surface area contributed by atoms with Gasteiger partial charge in [0.15, 0.2) is 4.67 Å². The summed E-state index contributed by atoms with van der Waals surface area (Å²) in [6.07, 6.45) is 1.62. The lowest BCUT2D eigenvalue weighted by Crippen LogP contribution is -1.99. The average molecular weight is 410 g/mol. The molecule has 0 spiro atoms. The molecule has 0 bridgehead atoms. The summed E-state index contributed by atoms with van der Waals surface area (Å²) in [5.41, 5.74) is 1.86. The second-order valence-electron chi connectivity index (χ2n) is 3.72. The maximum Gasteiger partial charge on any atom is 0.173 e. The Bertz CT molecular complexity index is 583. The van der Waals surface area contributed by atoms with Crippen molar-refractivity contribution >= 4 is 43.5 Å². The third-order valence-corrected chi connectivity index (χ3v) is 4.70. The molecule has 1 unspecified atom stereocenters. The number of hydrogen-bond acceptors (Lipinski definition) is 3. The molecule has 0 amide bonds. The van der Waals surface area contributed by atoms with Gasteiger partial charge >= 0.3 is 0 Å². The quantitative estimate of drug-likeness (QED) is 0.650. The highest BCUT2D eigenvalue weighted by molar-refractivity contribution is 9.10. The zero-order valence-corrected chi connectivity index (χ0v) is 14.2. The number of methoxy groups -OCH3 is 2. The lowest BCUT2D eigenvalue weighted by Gasteiger charge is -2.16. The largest absolute Gasteiger partial charge is 0.495 e.